The van der Waals surface area contributed by atoms with Gasteiger partial charge in [0, 0.05) is 11.3 Å². The maximum Gasteiger partial charge on any atom is 0.163 e. The Morgan fingerprint density at radius 3 is 2.28 bits per heavy atom. The van der Waals surface area contributed by atoms with Crippen LogP contribution >= 0.6 is 39.1 Å². The van der Waals surface area contributed by atoms with Crippen LogP contribution in [0.5, 0.6) is 0 Å². The quantitative estimate of drug-likeness (QED) is 0.709. The Hall–Kier alpha value is -0.640. The zero-order chi connectivity index (χ0) is 13.3. The van der Waals surface area contributed by atoms with Crippen molar-refractivity contribution in [2.24, 2.45) is 0 Å². The molecule has 0 fully saturated rings. The fourth-order valence-corrected chi connectivity index (χ4v) is 3.09. The largest absolute Gasteiger partial charge is 0.233 e. The Morgan fingerprint density at radius 2 is 1.78 bits per heavy atom. The van der Waals surface area contributed by atoms with Crippen molar-refractivity contribution in [3.8, 4) is 11.4 Å². The van der Waals surface area contributed by atoms with Crippen LogP contribution in [0.1, 0.15) is 18.2 Å². The van der Waals surface area contributed by atoms with Crippen LogP contribution in [0.4, 0.5) is 0 Å². The summed E-state index contributed by atoms with van der Waals surface area (Å²) in [7, 11) is 0. The average molecular weight is 346 g/mol. The van der Waals surface area contributed by atoms with Crippen LogP contribution in [0.3, 0.4) is 0 Å². The average Bonchev–Trinajstić information content (AvgIpc) is 2.28. The van der Waals surface area contributed by atoms with Crippen LogP contribution < -0.4 is 0 Å². The Bertz CT molecular complexity index is 556. The van der Waals surface area contributed by atoms with Gasteiger partial charge in [0.15, 0.2) is 5.82 Å². The van der Waals surface area contributed by atoms with Crippen LogP contribution in [-0.4, -0.2) is 9.97 Å². The van der Waals surface area contributed by atoms with E-state index < -0.39 is 0 Å². The Labute approximate surface area is 124 Å². The predicted octanol–water partition coefficient (Wildman–Crippen LogP) is 5.08. The molecule has 18 heavy (non-hydrogen) atoms. The molecular weight excluding hydrogens is 335 g/mol. The van der Waals surface area contributed by atoms with Crippen molar-refractivity contribution in [1.82, 2.24) is 9.97 Å². The van der Waals surface area contributed by atoms with Crippen LogP contribution in [-0.2, 0) is 6.42 Å². The molecule has 0 saturated heterocycles. The number of halogens is 3. The van der Waals surface area contributed by atoms with E-state index in [0.717, 1.165) is 22.3 Å². The van der Waals surface area contributed by atoms with Crippen molar-refractivity contribution in [3.05, 3.63) is 44.1 Å². The van der Waals surface area contributed by atoms with E-state index in [4.69, 9.17) is 23.2 Å². The minimum absolute atomic E-state index is 0.548. The molecule has 0 spiro atoms. The summed E-state index contributed by atoms with van der Waals surface area (Å²) in [5.74, 6) is 0.548. The second-order valence-corrected chi connectivity index (χ2v) is 5.42. The first-order valence-electron chi connectivity index (χ1n) is 5.52. The lowest BCUT2D eigenvalue weighted by Gasteiger charge is -2.10. The van der Waals surface area contributed by atoms with Crippen molar-refractivity contribution in [1.29, 1.82) is 0 Å². The van der Waals surface area contributed by atoms with Gasteiger partial charge in [0.25, 0.3) is 0 Å². The number of nitrogens with zero attached hydrogens (tertiary/aromatic N) is 2. The van der Waals surface area contributed by atoms with Gasteiger partial charge in [-0.05, 0) is 41.4 Å². The standard InChI is InChI=1S/C13H11BrCl2N2/c1-3-8-7(2)17-13(18-12(8)14)11-9(15)5-4-6-10(11)16/h4-6H,3H2,1-2H3. The molecule has 94 valence electrons. The monoisotopic (exact) mass is 344 g/mol. The highest BCUT2D eigenvalue weighted by Crippen LogP contribution is 2.33. The van der Waals surface area contributed by atoms with Crippen molar-refractivity contribution in [2.75, 3.05) is 0 Å². The molecule has 1 heterocycles. The Morgan fingerprint density at radius 1 is 1.17 bits per heavy atom. The van der Waals surface area contributed by atoms with Gasteiger partial charge in [-0.3, -0.25) is 0 Å². The van der Waals surface area contributed by atoms with E-state index in [9.17, 15) is 0 Å². The number of aryl methyl sites for hydroxylation is 1. The van der Waals surface area contributed by atoms with E-state index in [2.05, 4.69) is 32.8 Å². The van der Waals surface area contributed by atoms with Gasteiger partial charge in [-0.2, -0.15) is 0 Å². The topological polar surface area (TPSA) is 25.8 Å². The third-order valence-corrected chi connectivity index (χ3v) is 3.99. The smallest absolute Gasteiger partial charge is 0.163 e. The van der Waals surface area contributed by atoms with Gasteiger partial charge in [0.1, 0.15) is 4.60 Å². The molecule has 0 N–H and O–H groups in total. The molecule has 1 aromatic carbocycles. The first-order valence-corrected chi connectivity index (χ1v) is 7.06. The van der Waals surface area contributed by atoms with Gasteiger partial charge in [-0.25, -0.2) is 9.97 Å². The zero-order valence-corrected chi connectivity index (χ0v) is 13.1. The minimum Gasteiger partial charge on any atom is -0.233 e. The fraction of sp³-hybridized carbons (Fsp3) is 0.231. The number of rotatable bonds is 2. The molecule has 0 bridgehead atoms. The molecule has 0 aliphatic heterocycles. The van der Waals surface area contributed by atoms with E-state index in [1.807, 2.05) is 6.92 Å². The zero-order valence-electron chi connectivity index (χ0n) is 9.97. The van der Waals surface area contributed by atoms with Crippen LogP contribution in [0.15, 0.2) is 22.8 Å². The summed E-state index contributed by atoms with van der Waals surface area (Å²) in [6.45, 7) is 4.03. The molecule has 1 aromatic heterocycles. The van der Waals surface area contributed by atoms with E-state index >= 15 is 0 Å². The summed E-state index contributed by atoms with van der Waals surface area (Å²) in [4.78, 5) is 8.92. The molecule has 2 nitrogen and oxygen atoms in total. The molecule has 0 unspecified atom stereocenters. The summed E-state index contributed by atoms with van der Waals surface area (Å²) in [5.41, 5.74) is 2.71. The molecule has 0 atom stereocenters. The Kier molecular flexibility index (Phi) is 4.25. The molecule has 0 radical (unpaired) electrons. The maximum atomic E-state index is 6.16. The summed E-state index contributed by atoms with van der Waals surface area (Å²) in [6, 6.07) is 5.36. The van der Waals surface area contributed by atoms with Gasteiger partial charge in [-0.15, -0.1) is 0 Å². The maximum absolute atomic E-state index is 6.16. The highest BCUT2D eigenvalue weighted by atomic mass is 79.9. The van der Waals surface area contributed by atoms with E-state index in [1.165, 1.54) is 0 Å². The van der Waals surface area contributed by atoms with Crippen LogP contribution in [0.2, 0.25) is 10.0 Å². The summed E-state index contributed by atoms with van der Waals surface area (Å²) < 4.78 is 0.795. The molecule has 0 saturated carbocycles. The van der Waals surface area contributed by atoms with Gasteiger partial charge in [-0.1, -0.05) is 36.2 Å². The SMILES string of the molecule is CCc1c(C)nc(-c2c(Cl)cccc2Cl)nc1Br. The number of hydrogen-bond donors (Lipinski definition) is 0. The van der Waals surface area contributed by atoms with Gasteiger partial charge >= 0.3 is 0 Å². The van der Waals surface area contributed by atoms with Gasteiger partial charge in [0.2, 0.25) is 0 Å². The van der Waals surface area contributed by atoms with Crippen molar-refractivity contribution < 1.29 is 0 Å². The lowest BCUT2D eigenvalue weighted by atomic mass is 10.1. The second kappa shape index (κ2) is 5.55. The molecule has 5 heteroatoms. The van der Waals surface area contributed by atoms with Crippen LogP contribution in [0, 0.1) is 6.92 Å². The molecule has 2 rings (SSSR count). The molecular formula is C13H11BrCl2N2. The van der Waals surface area contributed by atoms with E-state index in [0.29, 0.717) is 21.4 Å². The number of aromatic nitrogens is 2. The summed E-state index contributed by atoms with van der Waals surface area (Å²) in [5, 5.41) is 1.11. The highest BCUT2D eigenvalue weighted by molar-refractivity contribution is 9.10. The first-order chi connectivity index (χ1) is 8.54. The van der Waals surface area contributed by atoms with Gasteiger partial charge < -0.3 is 0 Å². The third-order valence-electron chi connectivity index (χ3n) is 2.70. The van der Waals surface area contributed by atoms with E-state index in [-0.39, 0.29) is 0 Å². The Balaban J connectivity index is 2.66. The van der Waals surface area contributed by atoms with Crippen molar-refractivity contribution in [2.45, 2.75) is 20.3 Å². The molecule has 2 aromatic rings. The summed E-state index contributed by atoms with van der Waals surface area (Å²) in [6.07, 6.45) is 0.878. The normalized spacial score (nSPS) is 10.7. The summed E-state index contributed by atoms with van der Waals surface area (Å²) >= 11 is 15.8. The lowest BCUT2D eigenvalue weighted by molar-refractivity contribution is 0.981. The predicted molar refractivity (Wildman–Crippen MR) is 79.3 cm³/mol. The molecule has 0 aliphatic rings. The van der Waals surface area contributed by atoms with Gasteiger partial charge in [0.05, 0.1) is 15.6 Å². The van der Waals surface area contributed by atoms with Crippen molar-refractivity contribution in [3.63, 3.8) is 0 Å². The third kappa shape index (κ3) is 2.53. The molecule has 0 amide bonds. The molecule has 0 aliphatic carbocycles. The first kappa shape index (κ1) is 13.8. The minimum atomic E-state index is 0.548. The lowest BCUT2D eigenvalue weighted by Crippen LogP contribution is -2.00. The highest BCUT2D eigenvalue weighted by Gasteiger charge is 2.14. The van der Waals surface area contributed by atoms with E-state index in [1.54, 1.807) is 18.2 Å². The number of benzene rings is 1. The second-order valence-electron chi connectivity index (χ2n) is 3.85. The van der Waals surface area contributed by atoms with Crippen LogP contribution in [0.25, 0.3) is 11.4 Å². The number of hydrogen-bond acceptors (Lipinski definition) is 2. The van der Waals surface area contributed by atoms with Crippen molar-refractivity contribution >= 4 is 39.1 Å². The fourth-order valence-electron chi connectivity index (χ4n) is 1.79.